The molecule has 0 amide bonds. The van der Waals surface area contributed by atoms with Crippen molar-refractivity contribution in [2.75, 3.05) is 25.6 Å². The van der Waals surface area contributed by atoms with E-state index in [9.17, 15) is 0 Å². The second-order valence-electron chi connectivity index (χ2n) is 4.98. The SMILES string of the molecule is COc1ccccc1NC(N)=NCCCOCc1ccccc1.I. The van der Waals surface area contributed by atoms with Crippen molar-refractivity contribution in [3.8, 4) is 5.75 Å². The number of halogens is 1. The van der Waals surface area contributed by atoms with Gasteiger partial charge in [0, 0.05) is 13.2 Å². The highest BCUT2D eigenvalue weighted by Crippen LogP contribution is 2.22. The molecular weight excluding hydrogens is 417 g/mol. The van der Waals surface area contributed by atoms with E-state index in [2.05, 4.69) is 10.3 Å². The van der Waals surface area contributed by atoms with Crippen LogP contribution in [0.2, 0.25) is 0 Å². The summed E-state index contributed by atoms with van der Waals surface area (Å²) in [4.78, 5) is 4.29. The van der Waals surface area contributed by atoms with Crippen LogP contribution in [0.3, 0.4) is 0 Å². The Labute approximate surface area is 160 Å². The number of hydrogen-bond acceptors (Lipinski definition) is 3. The Morgan fingerprint density at radius 3 is 2.54 bits per heavy atom. The number of ether oxygens (including phenoxy) is 2. The summed E-state index contributed by atoms with van der Waals surface area (Å²) in [7, 11) is 1.62. The number of benzene rings is 2. The van der Waals surface area contributed by atoms with Crippen molar-refractivity contribution in [1.82, 2.24) is 0 Å². The lowest BCUT2D eigenvalue weighted by molar-refractivity contribution is 0.120. The number of guanidine groups is 1. The molecule has 0 aromatic heterocycles. The quantitative estimate of drug-likeness (QED) is 0.284. The predicted molar refractivity (Wildman–Crippen MR) is 109 cm³/mol. The first kappa shape index (κ1) is 20.2. The Balaban J connectivity index is 0.00000288. The van der Waals surface area contributed by atoms with E-state index in [1.54, 1.807) is 7.11 Å². The Hall–Kier alpha value is -1.80. The molecule has 0 atom stereocenters. The minimum atomic E-state index is 0. The molecule has 0 aliphatic carbocycles. The molecule has 130 valence electrons. The van der Waals surface area contributed by atoms with E-state index in [-0.39, 0.29) is 24.0 Å². The maximum atomic E-state index is 5.88. The zero-order chi connectivity index (χ0) is 16.3. The fourth-order valence-electron chi connectivity index (χ4n) is 2.06. The second kappa shape index (κ2) is 11.7. The van der Waals surface area contributed by atoms with E-state index in [4.69, 9.17) is 15.2 Å². The molecule has 0 spiro atoms. The number of nitrogens with zero attached hydrogens (tertiary/aromatic N) is 1. The van der Waals surface area contributed by atoms with Crippen molar-refractivity contribution in [2.24, 2.45) is 10.7 Å². The molecule has 0 unspecified atom stereocenters. The zero-order valence-corrected chi connectivity index (χ0v) is 16.1. The van der Waals surface area contributed by atoms with Gasteiger partial charge in [-0.1, -0.05) is 42.5 Å². The number of para-hydroxylation sites is 2. The van der Waals surface area contributed by atoms with E-state index in [0.29, 0.717) is 25.7 Å². The predicted octanol–water partition coefficient (Wildman–Crippen LogP) is 3.65. The van der Waals surface area contributed by atoms with Crippen molar-refractivity contribution in [3.63, 3.8) is 0 Å². The summed E-state index contributed by atoms with van der Waals surface area (Å²) >= 11 is 0. The van der Waals surface area contributed by atoms with Gasteiger partial charge in [0.25, 0.3) is 0 Å². The average Bonchev–Trinajstić information content (AvgIpc) is 2.59. The monoisotopic (exact) mass is 441 g/mol. The standard InChI is InChI=1S/C18H23N3O2.HI/c1-22-17-11-6-5-10-16(17)21-18(19)20-12-7-13-23-14-15-8-3-2-4-9-15;/h2-6,8-11H,7,12-14H2,1H3,(H3,19,20,21);1H. The Bertz CT molecular complexity index is 621. The van der Waals surface area contributed by atoms with E-state index in [0.717, 1.165) is 17.9 Å². The van der Waals surface area contributed by atoms with Crippen LogP contribution in [0, 0.1) is 0 Å². The van der Waals surface area contributed by atoms with Crippen LogP contribution in [0.25, 0.3) is 0 Å². The van der Waals surface area contributed by atoms with Crippen LogP contribution in [0.1, 0.15) is 12.0 Å². The van der Waals surface area contributed by atoms with Gasteiger partial charge in [0.15, 0.2) is 5.96 Å². The molecule has 24 heavy (non-hydrogen) atoms. The average molecular weight is 441 g/mol. The molecule has 0 bridgehead atoms. The van der Waals surface area contributed by atoms with Gasteiger partial charge in [0.05, 0.1) is 19.4 Å². The number of hydrogen-bond donors (Lipinski definition) is 2. The molecule has 0 saturated carbocycles. The molecular formula is C18H24IN3O2. The number of anilines is 1. The first-order valence-electron chi connectivity index (χ1n) is 7.61. The fourth-order valence-corrected chi connectivity index (χ4v) is 2.06. The number of nitrogens with one attached hydrogen (secondary N) is 1. The Morgan fingerprint density at radius 1 is 1.08 bits per heavy atom. The van der Waals surface area contributed by atoms with Gasteiger partial charge in [-0.2, -0.15) is 0 Å². The number of methoxy groups -OCH3 is 1. The molecule has 0 heterocycles. The number of nitrogens with two attached hydrogens (primary N) is 1. The van der Waals surface area contributed by atoms with Crippen molar-refractivity contribution < 1.29 is 9.47 Å². The van der Waals surface area contributed by atoms with E-state index < -0.39 is 0 Å². The van der Waals surface area contributed by atoms with E-state index in [1.165, 1.54) is 5.56 Å². The van der Waals surface area contributed by atoms with Gasteiger partial charge in [-0.05, 0) is 24.1 Å². The molecule has 3 N–H and O–H groups in total. The summed E-state index contributed by atoms with van der Waals surface area (Å²) in [6, 6.07) is 17.7. The maximum Gasteiger partial charge on any atom is 0.193 e. The molecule has 0 aliphatic rings. The van der Waals surface area contributed by atoms with Gasteiger partial charge in [0.1, 0.15) is 5.75 Å². The molecule has 0 saturated heterocycles. The molecule has 2 aromatic rings. The lowest BCUT2D eigenvalue weighted by Gasteiger charge is -2.10. The minimum Gasteiger partial charge on any atom is -0.495 e. The van der Waals surface area contributed by atoms with Crippen LogP contribution in [-0.2, 0) is 11.3 Å². The normalized spacial score (nSPS) is 10.8. The van der Waals surface area contributed by atoms with Crippen molar-refractivity contribution >= 4 is 35.6 Å². The van der Waals surface area contributed by atoms with Gasteiger partial charge in [-0.25, -0.2) is 0 Å². The third-order valence-corrected chi connectivity index (χ3v) is 3.21. The highest BCUT2D eigenvalue weighted by molar-refractivity contribution is 14.0. The fraction of sp³-hybridized carbons (Fsp3) is 0.278. The summed E-state index contributed by atoms with van der Waals surface area (Å²) in [5.74, 6) is 1.11. The Morgan fingerprint density at radius 2 is 1.79 bits per heavy atom. The van der Waals surface area contributed by atoms with Gasteiger partial charge in [-0.15, -0.1) is 24.0 Å². The van der Waals surface area contributed by atoms with Gasteiger partial charge < -0.3 is 20.5 Å². The van der Waals surface area contributed by atoms with Crippen molar-refractivity contribution in [3.05, 3.63) is 60.2 Å². The molecule has 0 radical (unpaired) electrons. The highest BCUT2D eigenvalue weighted by Gasteiger charge is 2.01. The molecule has 0 aliphatic heterocycles. The summed E-state index contributed by atoms with van der Waals surface area (Å²) < 4.78 is 10.9. The molecule has 6 heteroatoms. The second-order valence-corrected chi connectivity index (χ2v) is 4.98. The molecule has 5 nitrogen and oxygen atoms in total. The third-order valence-electron chi connectivity index (χ3n) is 3.21. The maximum absolute atomic E-state index is 5.88. The Kier molecular flexibility index (Phi) is 9.86. The van der Waals surface area contributed by atoms with Gasteiger partial charge in [0.2, 0.25) is 0 Å². The largest absolute Gasteiger partial charge is 0.495 e. The van der Waals surface area contributed by atoms with Crippen LogP contribution in [-0.4, -0.2) is 26.2 Å². The number of rotatable bonds is 8. The topological polar surface area (TPSA) is 68.9 Å². The minimum absolute atomic E-state index is 0. The first-order valence-corrected chi connectivity index (χ1v) is 7.61. The van der Waals surface area contributed by atoms with Crippen LogP contribution in [0.4, 0.5) is 5.69 Å². The van der Waals surface area contributed by atoms with E-state index in [1.807, 2.05) is 54.6 Å². The summed E-state index contributed by atoms with van der Waals surface area (Å²) in [5, 5.41) is 3.04. The summed E-state index contributed by atoms with van der Waals surface area (Å²) in [6.07, 6.45) is 0.821. The van der Waals surface area contributed by atoms with Gasteiger partial charge in [-0.3, -0.25) is 4.99 Å². The van der Waals surface area contributed by atoms with E-state index >= 15 is 0 Å². The molecule has 2 rings (SSSR count). The summed E-state index contributed by atoms with van der Waals surface area (Å²) in [5.41, 5.74) is 7.85. The molecule has 2 aromatic carbocycles. The number of aliphatic imine (C=N–C) groups is 1. The van der Waals surface area contributed by atoms with Crippen LogP contribution < -0.4 is 15.8 Å². The van der Waals surface area contributed by atoms with Crippen LogP contribution in [0.5, 0.6) is 5.75 Å². The lowest BCUT2D eigenvalue weighted by Crippen LogP contribution is -2.23. The van der Waals surface area contributed by atoms with Crippen molar-refractivity contribution in [2.45, 2.75) is 13.0 Å². The summed E-state index contributed by atoms with van der Waals surface area (Å²) in [6.45, 7) is 1.89. The first-order chi connectivity index (χ1) is 11.3. The highest BCUT2D eigenvalue weighted by atomic mass is 127. The molecule has 0 fully saturated rings. The van der Waals surface area contributed by atoms with Crippen LogP contribution in [0.15, 0.2) is 59.6 Å². The smallest absolute Gasteiger partial charge is 0.193 e. The van der Waals surface area contributed by atoms with Crippen LogP contribution >= 0.6 is 24.0 Å². The third kappa shape index (κ3) is 7.18. The zero-order valence-electron chi connectivity index (χ0n) is 13.8. The lowest BCUT2D eigenvalue weighted by atomic mass is 10.2. The van der Waals surface area contributed by atoms with Crippen molar-refractivity contribution in [1.29, 1.82) is 0 Å². The van der Waals surface area contributed by atoms with Gasteiger partial charge >= 0.3 is 0 Å².